The second kappa shape index (κ2) is 6.37. The van der Waals surface area contributed by atoms with E-state index >= 15 is 0 Å². The summed E-state index contributed by atoms with van der Waals surface area (Å²) in [5.74, 6) is -0.555. The summed E-state index contributed by atoms with van der Waals surface area (Å²) >= 11 is 9.37. The van der Waals surface area contributed by atoms with Crippen LogP contribution >= 0.6 is 27.5 Å². The van der Waals surface area contributed by atoms with Gasteiger partial charge in [0.05, 0.1) is 10.6 Å². The van der Waals surface area contributed by atoms with Crippen molar-refractivity contribution in [1.29, 1.82) is 0 Å². The summed E-state index contributed by atoms with van der Waals surface area (Å²) < 4.78 is 19.7. The maximum Gasteiger partial charge on any atom is 0.203 e. The average Bonchev–Trinajstić information content (AvgIpc) is 2.37. The van der Waals surface area contributed by atoms with Crippen molar-refractivity contribution in [3.63, 3.8) is 0 Å². The molecule has 5 heteroatoms. The topological polar surface area (TPSA) is 26.3 Å². The van der Waals surface area contributed by atoms with Crippen molar-refractivity contribution < 1.29 is 13.9 Å². The van der Waals surface area contributed by atoms with Crippen molar-refractivity contribution in [2.75, 3.05) is 6.61 Å². The first-order valence-corrected chi connectivity index (χ1v) is 7.02. The van der Waals surface area contributed by atoms with Crippen molar-refractivity contribution in [3.8, 4) is 5.75 Å². The lowest BCUT2D eigenvalue weighted by Crippen LogP contribution is -2.13. The van der Waals surface area contributed by atoms with Crippen molar-refractivity contribution in [2.45, 2.75) is 6.92 Å². The molecule has 0 aliphatic heterocycles. The highest BCUT2D eigenvalue weighted by Gasteiger charge is 2.14. The van der Waals surface area contributed by atoms with Crippen LogP contribution in [0.5, 0.6) is 5.75 Å². The molecule has 0 N–H and O–H groups in total. The summed E-state index contributed by atoms with van der Waals surface area (Å²) in [6, 6.07) is 9.31. The van der Waals surface area contributed by atoms with E-state index in [1.807, 2.05) is 13.0 Å². The Bertz CT molecular complexity index is 635. The summed E-state index contributed by atoms with van der Waals surface area (Å²) in [4.78, 5) is 11.9. The van der Waals surface area contributed by atoms with E-state index in [1.54, 1.807) is 12.1 Å². The Kier molecular flexibility index (Phi) is 4.78. The van der Waals surface area contributed by atoms with Gasteiger partial charge < -0.3 is 4.74 Å². The molecule has 0 fully saturated rings. The number of Topliss-reactive ketones (excluding diaryl/α,β-unsaturated/α-hetero) is 1. The fourth-order valence-corrected chi connectivity index (χ4v) is 2.80. The standard InChI is InChI=1S/C15H11BrClFO2/c1-9-6-10(16)7-12(17)15(9)20-8-14(19)11-4-2-3-5-13(11)18/h2-7H,8H2,1H3. The summed E-state index contributed by atoms with van der Waals surface area (Å²) in [5, 5.41) is 0.401. The number of aryl methyl sites for hydroxylation is 1. The Morgan fingerprint density at radius 1 is 1.35 bits per heavy atom. The fourth-order valence-electron chi connectivity index (χ4n) is 1.77. The first-order valence-electron chi connectivity index (χ1n) is 5.85. The van der Waals surface area contributed by atoms with Gasteiger partial charge in [0.2, 0.25) is 5.78 Å². The second-order valence-electron chi connectivity index (χ2n) is 4.23. The lowest BCUT2D eigenvalue weighted by Gasteiger charge is -2.11. The van der Waals surface area contributed by atoms with Crippen LogP contribution in [0.2, 0.25) is 5.02 Å². The van der Waals surface area contributed by atoms with Gasteiger partial charge in [0.25, 0.3) is 0 Å². The number of rotatable bonds is 4. The van der Waals surface area contributed by atoms with Crippen LogP contribution in [-0.2, 0) is 0 Å². The maximum absolute atomic E-state index is 13.5. The third kappa shape index (κ3) is 3.38. The van der Waals surface area contributed by atoms with E-state index in [2.05, 4.69) is 15.9 Å². The van der Waals surface area contributed by atoms with Gasteiger partial charge in [-0.25, -0.2) is 4.39 Å². The van der Waals surface area contributed by atoms with Crippen molar-refractivity contribution in [1.82, 2.24) is 0 Å². The summed E-state index contributed by atoms with van der Waals surface area (Å²) in [6.07, 6.45) is 0. The van der Waals surface area contributed by atoms with E-state index in [1.165, 1.54) is 18.2 Å². The Labute approximate surface area is 129 Å². The Morgan fingerprint density at radius 2 is 2.05 bits per heavy atom. The van der Waals surface area contributed by atoms with Gasteiger partial charge in [0, 0.05) is 4.47 Å². The number of ether oxygens (including phenoxy) is 1. The summed E-state index contributed by atoms with van der Waals surface area (Å²) in [6.45, 7) is 1.56. The zero-order chi connectivity index (χ0) is 14.7. The van der Waals surface area contributed by atoms with E-state index in [9.17, 15) is 9.18 Å². The SMILES string of the molecule is Cc1cc(Br)cc(Cl)c1OCC(=O)c1ccccc1F. The quantitative estimate of drug-likeness (QED) is 0.734. The minimum Gasteiger partial charge on any atom is -0.484 e. The van der Waals surface area contributed by atoms with E-state index in [4.69, 9.17) is 16.3 Å². The van der Waals surface area contributed by atoms with Crippen LogP contribution in [0.4, 0.5) is 4.39 Å². The Morgan fingerprint density at radius 3 is 2.70 bits per heavy atom. The molecule has 2 nitrogen and oxygen atoms in total. The maximum atomic E-state index is 13.5. The van der Waals surface area contributed by atoms with E-state index < -0.39 is 11.6 Å². The van der Waals surface area contributed by atoms with E-state index in [0.29, 0.717) is 10.8 Å². The molecule has 0 heterocycles. The minimum absolute atomic E-state index is 0.0124. The molecular formula is C15H11BrClFO2. The first-order chi connectivity index (χ1) is 9.49. The van der Waals surface area contributed by atoms with Crippen molar-refractivity contribution in [3.05, 3.63) is 62.8 Å². The van der Waals surface area contributed by atoms with Crippen LogP contribution in [0.1, 0.15) is 15.9 Å². The normalized spacial score (nSPS) is 10.4. The second-order valence-corrected chi connectivity index (χ2v) is 5.55. The van der Waals surface area contributed by atoms with Crippen LogP contribution in [0.15, 0.2) is 40.9 Å². The van der Waals surface area contributed by atoms with Gasteiger partial charge in [-0.1, -0.05) is 39.7 Å². The molecule has 0 saturated carbocycles. The van der Waals surface area contributed by atoms with Gasteiger partial charge >= 0.3 is 0 Å². The molecule has 0 aliphatic rings. The molecular weight excluding hydrogens is 347 g/mol. The number of carbonyl (C=O) groups is 1. The lowest BCUT2D eigenvalue weighted by atomic mass is 10.1. The van der Waals surface area contributed by atoms with Gasteiger partial charge in [-0.2, -0.15) is 0 Å². The highest BCUT2D eigenvalue weighted by atomic mass is 79.9. The predicted octanol–water partition coefficient (Wildman–Crippen LogP) is 4.81. The van der Waals surface area contributed by atoms with Crippen LogP contribution < -0.4 is 4.74 Å². The molecule has 0 aromatic heterocycles. The van der Waals surface area contributed by atoms with Crippen LogP contribution in [0, 0.1) is 12.7 Å². The van der Waals surface area contributed by atoms with E-state index in [-0.39, 0.29) is 12.2 Å². The Hall–Kier alpha value is -1.39. The minimum atomic E-state index is -0.556. The molecule has 0 spiro atoms. The van der Waals surface area contributed by atoms with Crippen molar-refractivity contribution >= 4 is 33.3 Å². The summed E-state index contributed by atoms with van der Waals surface area (Å²) in [5.41, 5.74) is 0.809. The number of ketones is 1. The zero-order valence-corrected chi connectivity index (χ0v) is 13.0. The first kappa shape index (κ1) is 15.0. The van der Waals surface area contributed by atoms with Crippen LogP contribution in [-0.4, -0.2) is 12.4 Å². The van der Waals surface area contributed by atoms with Crippen LogP contribution in [0.3, 0.4) is 0 Å². The molecule has 0 radical (unpaired) electrons. The number of halogens is 3. The molecule has 0 aliphatic carbocycles. The number of benzene rings is 2. The van der Waals surface area contributed by atoms with Gasteiger partial charge in [-0.05, 0) is 36.8 Å². The fraction of sp³-hybridized carbons (Fsp3) is 0.133. The third-order valence-electron chi connectivity index (χ3n) is 2.72. The summed E-state index contributed by atoms with van der Waals surface area (Å²) in [7, 11) is 0. The number of carbonyl (C=O) groups excluding carboxylic acids is 1. The molecule has 2 aromatic carbocycles. The lowest BCUT2D eigenvalue weighted by molar-refractivity contribution is 0.0917. The monoisotopic (exact) mass is 356 g/mol. The highest BCUT2D eigenvalue weighted by molar-refractivity contribution is 9.10. The van der Waals surface area contributed by atoms with Gasteiger partial charge in [-0.3, -0.25) is 4.79 Å². The average molecular weight is 358 g/mol. The molecule has 2 aromatic rings. The highest BCUT2D eigenvalue weighted by Crippen LogP contribution is 2.32. The van der Waals surface area contributed by atoms with Gasteiger partial charge in [-0.15, -0.1) is 0 Å². The molecule has 0 bridgehead atoms. The molecule has 104 valence electrons. The van der Waals surface area contributed by atoms with E-state index in [0.717, 1.165) is 10.0 Å². The third-order valence-corrected chi connectivity index (χ3v) is 3.45. The van der Waals surface area contributed by atoms with Crippen molar-refractivity contribution in [2.24, 2.45) is 0 Å². The molecule has 2 rings (SSSR count). The molecule has 0 unspecified atom stereocenters. The van der Waals surface area contributed by atoms with Crippen LogP contribution in [0.25, 0.3) is 0 Å². The molecule has 0 atom stereocenters. The number of hydrogen-bond acceptors (Lipinski definition) is 2. The zero-order valence-electron chi connectivity index (χ0n) is 10.6. The molecule has 0 saturated heterocycles. The van der Waals surface area contributed by atoms with Gasteiger partial charge in [0.1, 0.15) is 11.6 Å². The largest absolute Gasteiger partial charge is 0.484 e. The predicted molar refractivity (Wildman–Crippen MR) is 80.1 cm³/mol. The molecule has 20 heavy (non-hydrogen) atoms. The molecule has 0 amide bonds. The van der Waals surface area contributed by atoms with Gasteiger partial charge in [0.15, 0.2) is 6.61 Å². The Balaban J connectivity index is 2.14. The smallest absolute Gasteiger partial charge is 0.203 e. The number of hydrogen-bond donors (Lipinski definition) is 0.